The van der Waals surface area contributed by atoms with Gasteiger partial charge in [-0.25, -0.2) is 4.98 Å². The number of rotatable bonds is 5. The molecule has 1 aliphatic heterocycles. The number of hydrogen-bond acceptors (Lipinski definition) is 5. The van der Waals surface area contributed by atoms with Crippen molar-refractivity contribution in [3.8, 4) is 0 Å². The van der Waals surface area contributed by atoms with Crippen LogP contribution < -0.4 is 16.2 Å². The summed E-state index contributed by atoms with van der Waals surface area (Å²) in [5.41, 5.74) is 1.09. The quantitative estimate of drug-likeness (QED) is 0.603. The van der Waals surface area contributed by atoms with E-state index in [0.29, 0.717) is 29.5 Å². The Morgan fingerprint density at radius 3 is 2.79 bits per heavy atom. The summed E-state index contributed by atoms with van der Waals surface area (Å²) in [6.07, 6.45) is 2.65. The topological polar surface area (TPSA) is 90.0 Å². The van der Waals surface area contributed by atoms with Gasteiger partial charge in [-0.15, -0.1) is 0 Å². The fourth-order valence-electron chi connectivity index (χ4n) is 2.43. The number of hydrogen-bond donors (Lipinski definition) is 4. The molecule has 2 heterocycles. The third kappa shape index (κ3) is 3.78. The molecule has 1 aromatic rings. The van der Waals surface area contributed by atoms with Crippen LogP contribution in [0.5, 0.6) is 0 Å². The molecule has 19 heavy (non-hydrogen) atoms. The van der Waals surface area contributed by atoms with Gasteiger partial charge in [0.2, 0.25) is 5.95 Å². The van der Waals surface area contributed by atoms with Gasteiger partial charge >= 0.3 is 0 Å². The monoisotopic (exact) mass is 266 g/mol. The molecule has 0 aromatic carbocycles. The molecule has 6 heteroatoms. The summed E-state index contributed by atoms with van der Waals surface area (Å²) in [6.45, 7) is 4.72. The number of nitrogens with one attached hydrogen (secondary N) is 3. The molecule has 0 spiro atoms. The van der Waals surface area contributed by atoms with Gasteiger partial charge < -0.3 is 15.7 Å². The van der Waals surface area contributed by atoms with Crippen LogP contribution in [0.1, 0.15) is 24.1 Å². The molecule has 0 atom stereocenters. The van der Waals surface area contributed by atoms with Crippen molar-refractivity contribution < 1.29 is 5.11 Å². The molecular formula is C13H22N4O2. The molecule has 4 N–H and O–H groups in total. The molecule has 1 aliphatic rings. The standard InChI is InChI=1S/C13H22N4O2/c1-9-11(4-7-18)12(19)17-13(16-9)15-8-10-2-5-14-6-3-10/h10,14,18H,2-8H2,1H3,(H2,15,16,17,19). The Labute approximate surface area is 112 Å². The van der Waals surface area contributed by atoms with Crippen LogP contribution in [0.2, 0.25) is 0 Å². The number of aromatic amines is 1. The normalized spacial score (nSPS) is 16.5. The van der Waals surface area contributed by atoms with Crippen molar-refractivity contribution in [2.75, 3.05) is 31.6 Å². The van der Waals surface area contributed by atoms with E-state index in [1.807, 2.05) is 0 Å². The van der Waals surface area contributed by atoms with Gasteiger partial charge in [-0.05, 0) is 38.8 Å². The van der Waals surface area contributed by atoms with Crippen molar-refractivity contribution in [3.63, 3.8) is 0 Å². The van der Waals surface area contributed by atoms with E-state index < -0.39 is 0 Å². The number of H-pyrrole nitrogens is 1. The van der Waals surface area contributed by atoms with Gasteiger partial charge in [0.25, 0.3) is 5.56 Å². The average Bonchev–Trinajstić information content (AvgIpc) is 2.42. The van der Waals surface area contributed by atoms with Gasteiger partial charge in [0.05, 0.1) is 5.69 Å². The van der Waals surface area contributed by atoms with E-state index >= 15 is 0 Å². The second-order valence-corrected chi connectivity index (χ2v) is 5.03. The highest BCUT2D eigenvalue weighted by molar-refractivity contribution is 5.29. The fraction of sp³-hybridized carbons (Fsp3) is 0.692. The summed E-state index contributed by atoms with van der Waals surface area (Å²) in [4.78, 5) is 18.9. The number of nitrogens with zero attached hydrogens (tertiary/aromatic N) is 1. The Bertz CT molecular complexity index is 466. The number of piperidine rings is 1. The minimum absolute atomic E-state index is 0.0343. The van der Waals surface area contributed by atoms with E-state index in [9.17, 15) is 4.79 Å². The lowest BCUT2D eigenvalue weighted by molar-refractivity contribution is 0.298. The highest BCUT2D eigenvalue weighted by Gasteiger charge is 2.13. The first-order chi connectivity index (χ1) is 9.20. The van der Waals surface area contributed by atoms with E-state index in [4.69, 9.17) is 5.11 Å². The molecule has 1 fully saturated rings. The molecule has 0 unspecified atom stereocenters. The number of aryl methyl sites for hydroxylation is 1. The van der Waals surface area contributed by atoms with Crippen molar-refractivity contribution in [1.82, 2.24) is 15.3 Å². The molecule has 1 aromatic heterocycles. The number of aromatic nitrogens is 2. The van der Waals surface area contributed by atoms with Gasteiger partial charge in [-0.3, -0.25) is 9.78 Å². The summed E-state index contributed by atoms with van der Waals surface area (Å²) < 4.78 is 0. The van der Waals surface area contributed by atoms with E-state index in [1.54, 1.807) is 6.92 Å². The second kappa shape index (κ2) is 6.68. The molecule has 0 radical (unpaired) electrons. The molecular weight excluding hydrogens is 244 g/mol. The largest absolute Gasteiger partial charge is 0.396 e. The zero-order chi connectivity index (χ0) is 13.7. The summed E-state index contributed by atoms with van der Waals surface area (Å²) in [5.74, 6) is 1.16. The van der Waals surface area contributed by atoms with E-state index in [1.165, 1.54) is 0 Å². The zero-order valence-corrected chi connectivity index (χ0v) is 11.3. The first-order valence-electron chi connectivity index (χ1n) is 6.86. The molecule has 6 nitrogen and oxygen atoms in total. The van der Waals surface area contributed by atoms with Crippen molar-refractivity contribution in [3.05, 3.63) is 21.6 Å². The van der Waals surface area contributed by atoms with Gasteiger partial charge in [-0.1, -0.05) is 0 Å². The van der Waals surface area contributed by atoms with Gasteiger partial charge in [-0.2, -0.15) is 0 Å². The molecule has 2 rings (SSSR count). The fourth-order valence-corrected chi connectivity index (χ4v) is 2.43. The predicted molar refractivity (Wildman–Crippen MR) is 74.5 cm³/mol. The van der Waals surface area contributed by atoms with Crippen LogP contribution in [0.3, 0.4) is 0 Å². The number of aliphatic hydroxyl groups is 1. The minimum Gasteiger partial charge on any atom is -0.396 e. The average molecular weight is 266 g/mol. The first-order valence-corrected chi connectivity index (χ1v) is 6.86. The van der Waals surface area contributed by atoms with Crippen LogP contribution >= 0.6 is 0 Å². The van der Waals surface area contributed by atoms with Crippen molar-refractivity contribution in [2.24, 2.45) is 5.92 Å². The van der Waals surface area contributed by atoms with Crippen LogP contribution in [0, 0.1) is 12.8 Å². The predicted octanol–water partition coefficient (Wildman–Crippen LogP) is 0.0246. The highest BCUT2D eigenvalue weighted by atomic mass is 16.3. The van der Waals surface area contributed by atoms with E-state index in [0.717, 1.165) is 32.5 Å². The highest BCUT2D eigenvalue weighted by Crippen LogP contribution is 2.12. The Morgan fingerprint density at radius 1 is 1.42 bits per heavy atom. The van der Waals surface area contributed by atoms with Crippen LogP contribution in [-0.2, 0) is 6.42 Å². The second-order valence-electron chi connectivity index (χ2n) is 5.03. The molecule has 0 aliphatic carbocycles. The Hall–Kier alpha value is -1.40. The smallest absolute Gasteiger partial charge is 0.255 e. The first kappa shape index (κ1) is 14.0. The van der Waals surface area contributed by atoms with E-state index in [-0.39, 0.29) is 12.2 Å². The SMILES string of the molecule is Cc1nc(NCC2CCNCC2)[nH]c(=O)c1CCO. The molecule has 0 bridgehead atoms. The number of aliphatic hydroxyl groups excluding tert-OH is 1. The van der Waals surface area contributed by atoms with Crippen LogP contribution in [0.4, 0.5) is 5.95 Å². The summed E-state index contributed by atoms with van der Waals surface area (Å²) in [6, 6.07) is 0. The Balaban J connectivity index is 1.98. The Kier molecular flexibility index (Phi) is 4.93. The van der Waals surface area contributed by atoms with Crippen LogP contribution in [0.15, 0.2) is 4.79 Å². The molecule has 0 amide bonds. The van der Waals surface area contributed by atoms with Gasteiger partial charge in [0.15, 0.2) is 0 Å². The maximum atomic E-state index is 11.8. The number of anilines is 1. The summed E-state index contributed by atoms with van der Waals surface area (Å²) >= 11 is 0. The molecule has 106 valence electrons. The third-order valence-corrected chi connectivity index (χ3v) is 3.60. The van der Waals surface area contributed by atoms with Crippen molar-refractivity contribution in [1.29, 1.82) is 0 Å². The van der Waals surface area contributed by atoms with Crippen molar-refractivity contribution >= 4 is 5.95 Å². The maximum absolute atomic E-state index is 11.8. The molecule has 0 saturated carbocycles. The summed E-state index contributed by atoms with van der Waals surface area (Å²) in [7, 11) is 0. The van der Waals surface area contributed by atoms with E-state index in [2.05, 4.69) is 20.6 Å². The molecule has 1 saturated heterocycles. The summed E-state index contributed by atoms with van der Waals surface area (Å²) in [5, 5.41) is 15.4. The maximum Gasteiger partial charge on any atom is 0.255 e. The lowest BCUT2D eigenvalue weighted by atomic mass is 9.98. The Morgan fingerprint density at radius 2 is 2.16 bits per heavy atom. The third-order valence-electron chi connectivity index (χ3n) is 3.60. The van der Waals surface area contributed by atoms with Crippen molar-refractivity contribution in [2.45, 2.75) is 26.2 Å². The lowest BCUT2D eigenvalue weighted by Gasteiger charge is -2.22. The zero-order valence-electron chi connectivity index (χ0n) is 11.3. The van der Waals surface area contributed by atoms with Crippen LogP contribution in [0.25, 0.3) is 0 Å². The van der Waals surface area contributed by atoms with Crippen LogP contribution in [-0.4, -0.2) is 41.3 Å². The minimum atomic E-state index is -0.158. The lowest BCUT2D eigenvalue weighted by Crippen LogP contribution is -2.31. The van der Waals surface area contributed by atoms with Gasteiger partial charge in [0.1, 0.15) is 0 Å². The van der Waals surface area contributed by atoms with Gasteiger partial charge in [0, 0.05) is 25.1 Å².